The zero-order chi connectivity index (χ0) is 20.8. The summed E-state index contributed by atoms with van der Waals surface area (Å²) in [4.78, 5) is 4.18. The van der Waals surface area contributed by atoms with E-state index in [-0.39, 0.29) is 22.8 Å². The summed E-state index contributed by atoms with van der Waals surface area (Å²) in [6.45, 7) is 1.99. The smallest absolute Gasteiger partial charge is 0.276 e. The average molecular weight is 456 g/mol. The summed E-state index contributed by atoms with van der Waals surface area (Å²) in [6.07, 6.45) is 1.01. The first-order valence-corrected chi connectivity index (χ1v) is 11.5. The van der Waals surface area contributed by atoms with Crippen molar-refractivity contribution in [3.63, 3.8) is 0 Å². The number of aryl methyl sites for hydroxylation is 1. The molecule has 4 rings (SSSR count). The molecule has 1 atom stereocenters. The fourth-order valence-corrected chi connectivity index (χ4v) is 5.12. The Kier molecular flexibility index (Phi) is 5.25. The molecule has 1 aliphatic heterocycles. The molecule has 0 radical (unpaired) electrons. The Bertz CT molecular complexity index is 1050. The van der Waals surface area contributed by atoms with E-state index in [2.05, 4.69) is 9.93 Å². The van der Waals surface area contributed by atoms with E-state index in [1.165, 1.54) is 12.1 Å². The molecule has 1 saturated carbocycles. The van der Waals surface area contributed by atoms with E-state index in [0.29, 0.717) is 22.0 Å². The molecule has 0 amide bonds. The third kappa shape index (κ3) is 3.96. The van der Waals surface area contributed by atoms with Crippen molar-refractivity contribution in [3.05, 3.63) is 63.6 Å². The first-order chi connectivity index (χ1) is 13.7. The molecular weight excluding hydrogens is 436 g/mol. The highest BCUT2D eigenvalue weighted by atomic mass is 35.5. The largest absolute Gasteiger partial charge is 0.346 e. The quantitative estimate of drug-likeness (QED) is 0.418. The molecule has 2 aliphatic rings. The van der Waals surface area contributed by atoms with Gasteiger partial charge in [-0.1, -0.05) is 47.0 Å². The van der Waals surface area contributed by atoms with E-state index >= 15 is 0 Å². The maximum absolute atomic E-state index is 14.3. The van der Waals surface area contributed by atoms with Gasteiger partial charge in [-0.15, -0.1) is 5.10 Å². The number of hydrazone groups is 1. The van der Waals surface area contributed by atoms with E-state index in [9.17, 15) is 12.8 Å². The van der Waals surface area contributed by atoms with Crippen LogP contribution in [0.5, 0.6) is 0 Å². The first-order valence-electron chi connectivity index (χ1n) is 9.24. The molecule has 2 fully saturated rings. The average Bonchev–Trinajstić information content (AvgIpc) is 3.35. The molecule has 1 heterocycles. The van der Waals surface area contributed by atoms with Gasteiger partial charge in [-0.2, -0.15) is 13.2 Å². The molecule has 1 unspecified atom stereocenters. The maximum atomic E-state index is 14.3. The summed E-state index contributed by atoms with van der Waals surface area (Å²) in [5.41, 5.74) is 0.983. The molecule has 1 N–H and O–H groups in total. The Morgan fingerprint density at radius 1 is 1.17 bits per heavy atom. The molecule has 1 saturated heterocycles. The van der Waals surface area contributed by atoms with Crippen LogP contribution in [0.15, 0.2) is 52.5 Å². The third-order valence-corrected chi connectivity index (χ3v) is 7.28. The van der Waals surface area contributed by atoms with Crippen molar-refractivity contribution in [3.8, 4) is 0 Å². The lowest BCUT2D eigenvalue weighted by molar-refractivity contribution is 0.339. The van der Waals surface area contributed by atoms with Crippen LogP contribution in [0.3, 0.4) is 0 Å². The Balaban J connectivity index is 1.76. The van der Waals surface area contributed by atoms with Crippen LogP contribution in [0.25, 0.3) is 0 Å². The van der Waals surface area contributed by atoms with Crippen molar-refractivity contribution in [2.45, 2.75) is 42.8 Å². The van der Waals surface area contributed by atoms with Crippen molar-refractivity contribution >= 4 is 39.1 Å². The predicted octanol–water partition coefficient (Wildman–Crippen LogP) is 4.52. The van der Waals surface area contributed by atoms with Crippen LogP contribution in [-0.4, -0.2) is 37.4 Å². The van der Waals surface area contributed by atoms with Gasteiger partial charge in [0.15, 0.2) is 5.84 Å². The van der Waals surface area contributed by atoms with Crippen LogP contribution in [0.1, 0.15) is 30.4 Å². The Hall–Kier alpha value is -1.83. The van der Waals surface area contributed by atoms with E-state index in [0.717, 1.165) is 18.4 Å². The SMILES string of the molecule is Cc1ccc(S(=O)(=O)N/N=C(\c2c(Cl)cccc2Cl)N2CC(F)CC23CC3)cc1. The van der Waals surface area contributed by atoms with Gasteiger partial charge in [-0.25, -0.2) is 4.39 Å². The van der Waals surface area contributed by atoms with Crippen LogP contribution >= 0.6 is 23.2 Å². The van der Waals surface area contributed by atoms with Gasteiger partial charge in [0.1, 0.15) is 6.17 Å². The second-order valence-electron chi connectivity index (χ2n) is 7.58. The molecule has 2 aromatic rings. The number of hydrogen-bond acceptors (Lipinski definition) is 3. The van der Waals surface area contributed by atoms with Crippen LogP contribution in [0.4, 0.5) is 4.39 Å². The summed E-state index contributed by atoms with van der Waals surface area (Å²) in [7, 11) is -3.91. The van der Waals surface area contributed by atoms with Gasteiger partial charge >= 0.3 is 0 Å². The van der Waals surface area contributed by atoms with Gasteiger partial charge in [0.25, 0.3) is 10.0 Å². The molecule has 29 heavy (non-hydrogen) atoms. The summed E-state index contributed by atoms with van der Waals surface area (Å²) >= 11 is 12.7. The van der Waals surface area contributed by atoms with E-state index in [1.807, 2.05) is 11.8 Å². The minimum absolute atomic E-state index is 0.0855. The van der Waals surface area contributed by atoms with Crippen LogP contribution < -0.4 is 4.83 Å². The van der Waals surface area contributed by atoms with Crippen molar-refractivity contribution in [1.29, 1.82) is 0 Å². The number of amidine groups is 1. The number of nitrogens with one attached hydrogen (secondary N) is 1. The number of halogens is 3. The van der Waals surface area contributed by atoms with Crippen LogP contribution in [0, 0.1) is 6.92 Å². The second-order valence-corrected chi connectivity index (χ2v) is 10.1. The topological polar surface area (TPSA) is 61.8 Å². The van der Waals surface area contributed by atoms with Crippen molar-refractivity contribution in [1.82, 2.24) is 9.73 Å². The highest BCUT2D eigenvalue weighted by Crippen LogP contribution is 2.51. The van der Waals surface area contributed by atoms with Gasteiger partial charge in [0.2, 0.25) is 0 Å². The number of hydrogen-bond donors (Lipinski definition) is 1. The van der Waals surface area contributed by atoms with E-state index in [1.54, 1.807) is 30.3 Å². The second kappa shape index (κ2) is 7.45. The van der Waals surface area contributed by atoms with E-state index in [4.69, 9.17) is 23.2 Å². The Morgan fingerprint density at radius 2 is 1.79 bits per heavy atom. The minimum atomic E-state index is -3.91. The number of alkyl halides is 1. The first kappa shape index (κ1) is 20.4. The molecule has 5 nitrogen and oxygen atoms in total. The van der Waals surface area contributed by atoms with Crippen LogP contribution in [0.2, 0.25) is 10.0 Å². The fraction of sp³-hybridized carbons (Fsp3) is 0.350. The lowest BCUT2D eigenvalue weighted by Crippen LogP contribution is -2.40. The van der Waals surface area contributed by atoms with Crippen molar-refractivity contribution in [2.75, 3.05) is 6.54 Å². The van der Waals surface area contributed by atoms with Gasteiger partial charge in [0, 0.05) is 12.0 Å². The van der Waals surface area contributed by atoms with E-state index < -0.39 is 16.2 Å². The standard InChI is InChI=1S/C20H20Cl2FN3O2S/c1-13-5-7-15(8-6-13)29(27,28)25-24-19(18-16(21)3-2-4-17(18)22)26-12-14(23)11-20(26)9-10-20/h2-8,14,25H,9-12H2,1H3/b24-19+. The normalized spacial score (nSPS) is 20.9. The lowest BCUT2D eigenvalue weighted by atomic mass is 10.1. The number of rotatable bonds is 4. The highest BCUT2D eigenvalue weighted by Gasteiger charge is 2.56. The Labute approximate surface area is 179 Å². The summed E-state index contributed by atoms with van der Waals surface area (Å²) in [5, 5.41) is 4.85. The van der Waals surface area contributed by atoms with Crippen LogP contribution in [-0.2, 0) is 10.0 Å². The zero-order valence-corrected chi connectivity index (χ0v) is 18.0. The number of benzene rings is 2. The molecule has 1 aliphatic carbocycles. The molecule has 154 valence electrons. The van der Waals surface area contributed by atoms with Gasteiger partial charge < -0.3 is 4.90 Å². The summed E-state index contributed by atoms with van der Waals surface area (Å²) in [6, 6.07) is 11.4. The fourth-order valence-electron chi connectivity index (χ4n) is 3.74. The predicted molar refractivity (Wildman–Crippen MR) is 113 cm³/mol. The molecular formula is C20H20Cl2FN3O2S. The molecule has 1 spiro atoms. The number of nitrogens with zero attached hydrogens (tertiary/aromatic N) is 2. The minimum Gasteiger partial charge on any atom is -0.346 e. The highest BCUT2D eigenvalue weighted by molar-refractivity contribution is 7.89. The molecule has 9 heteroatoms. The van der Waals surface area contributed by atoms with Gasteiger partial charge in [-0.05, 0) is 44.0 Å². The summed E-state index contributed by atoms with van der Waals surface area (Å²) < 4.78 is 39.7. The zero-order valence-electron chi connectivity index (χ0n) is 15.7. The van der Waals surface area contributed by atoms with Gasteiger partial charge in [0.05, 0.1) is 27.0 Å². The van der Waals surface area contributed by atoms with Crippen molar-refractivity contribution < 1.29 is 12.8 Å². The molecule has 2 aromatic carbocycles. The molecule has 0 bridgehead atoms. The van der Waals surface area contributed by atoms with Crippen molar-refractivity contribution in [2.24, 2.45) is 5.10 Å². The Morgan fingerprint density at radius 3 is 2.38 bits per heavy atom. The third-order valence-electron chi connectivity index (χ3n) is 5.43. The number of sulfonamides is 1. The monoisotopic (exact) mass is 455 g/mol. The maximum Gasteiger partial charge on any atom is 0.276 e. The molecule has 0 aromatic heterocycles. The van der Waals surface area contributed by atoms with Gasteiger partial charge in [-0.3, -0.25) is 0 Å². The lowest BCUT2D eigenvalue weighted by Gasteiger charge is -2.28. The number of likely N-dealkylation sites (tertiary alicyclic amines) is 1. The summed E-state index contributed by atoms with van der Waals surface area (Å²) in [5.74, 6) is 0.244.